The second-order valence-electron chi connectivity index (χ2n) is 3.81. The fourth-order valence-corrected chi connectivity index (χ4v) is 1.56. The summed E-state index contributed by atoms with van der Waals surface area (Å²) in [5, 5.41) is 7.32. The lowest BCUT2D eigenvalue weighted by Crippen LogP contribution is -2.18. The lowest BCUT2D eigenvalue weighted by Gasteiger charge is -2.10. The number of benzene rings is 1. The maximum absolute atomic E-state index is 13.5. The number of primary amides is 1. The van der Waals surface area contributed by atoms with Gasteiger partial charge < -0.3 is 10.5 Å². The zero-order valence-electron chi connectivity index (χ0n) is 9.84. The quantitative estimate of drug-likeness (QED) is 0.626. The molecule has 0 unspecified atom stereocenters. The molecule has 17 heavy (non-hydrogen) atoms. The molecule has 0 saturated heterocycles. The molecule has 1 amide bonds. The lowest BCUT2D eigenvalue weighted by atomic mass is 9.99. The van der Waals surface area contributed by atoms with E-state index in [1.165, 1.54) is 6.07 Å². The van der Waals surface area contributed by atoms with E-state index in [0.29, 0.717) is 12.0 Å². The highest BCUT2D eigenvalue weighted by molar-refractivity contribution is 5.85. The van der Waals surface area contributed by atoms with Crippen LogP contribution in [0, 0.1) is 25.1 Å². The summed E-state index contributed by atoms with van der Waals surface area (Å²) in [5.41, 5.74) is 7.16. The Morgan fingerprint density at radius 2 is 2.12 bits per heavy atom. The first-order valence-electron chi connectivity index (χ1n) is 5.21. The first-order chi connectivity index (χ1) is 7.91. The van der Waals surface area contributed by atoms with Crippen LogP contribution in [-0.4, -0.2) is 12.0 Å². The smallest absolute Gasteiger partial charge is 0.396 e. The molecule has 1 aromatic carbocycles. The Hall–Kier alpha value is -1.91. The monoisotopic (exact) mass is 238 g/mol. The van der Waals surface area contributed by atoms with E-state index >= 15 is 0 Å². The summed E-state index contributed by atoms with van der Waals surface area (Å²) < 4.78 is 17.9. The van der Waals surface area contributed by atoms with Crippen LogP contribution in [0.2, 0.25) is 0 Å². The molecule has 1 rings (SSSR count). The van der Waals surface area contributed by atoms with Crippen molar-refractivity contribution in [1.82, 2.24) is 0 Å². The number of hydrogen-bond acceptors (Lipinski definition) is 3. The molecule has 4 nitrogen and oxygen atoms in total. The highest BCUT2D eigenvalue weighted by Gasteiger charge is 2.10. The summed E-state index contributed by atoms with van der Waals surface area (Å²) in [4.78, 5) is 10.4. The van der Waals surface area contributed by atoms with E-state index in [1.54, 1.807) is 6.07 Å². The average Bonchev–Trinajstić information content (AvgIpc) is 2.23. The molecule has 92 valence electrons. The summed E-state index contributed by atoms with van der Waals surface area (Å²) in [6, 6.07) is 3.11. The molecule has 0 spiro atoms. The Bertz CT molecular complexity index is 458. The van der Waals surface area contributed by atoms with Crippen molar-refractivity contribution in [3.63, 3.8) is 0 Å². The predicted octanol–water partition coefficient (Wildman–Crippen LogP) is 2.45. The fraction of sp³-hybridized carbons (Fsp3) is 0.333. The third-order valence-corrected chi connectivity index (χ3v) is 2.64. The Balaban J connectivity index is 2.73. The second-order valence-corrected chi connectivity index (χ2v) is 3.81. The van der Waals surface area contributed by atoms with E-state index in [4.69, 9.17) is 11.1 Å². The molecule has 0 atom stereocenters. The van der Waals surface area contributed by atoms with Gasteiger partial charge in [0.15, 0.2) is 5.90 Å². The minimum absolute atomic E-state index is 0.143. The highest BCUT2D eigenvalue weighted by atomic mass is 19.1. The minimum Gasteiger partial charge on any atom is -0.396 e. The Labute approximate surface area is 99.1 Å². The first kappa shape index (κ1) is 13.2. The predicted molar refractivity (Wildman–Crippen MR) is 62.6 cm³/mol. The van der Waals surface area contributed by atoms with Crippen LogP contribution in [0.1, 0.15) is 23.1 Å². The standard InChI is InChI=1S/C12H15FN2O2/c1-7-3-5-10(13)9(8(7)2)4-6-11(14)17-12(15)16/h3,5,14H,4,6H2,1-2H3,(H2,15,16). The molecule has 0 aliphatic carbocycles. The van der Waals surface area contributed by atoms with Gasteiger partial charge in [0.1, 0.15) is 5.82 Å². The molecule has 0 fully saturated rings. The maximum Gasteiger partial charge on any atom is 0.411 e. The molecule has 0 aliphatic heterocycles. The van der Waals surface area contributed by atoms with Crippen molar-refractivity contribution in [2.45, 2.75) is 26.7 Å². The van der Waals surface area contributed by atoms with Crippen LogP contribution < -0.4 is 5.73 Å². The van der Waals surface area contributed by atoms with Gasteiger partial charge in [-0.1, -0.05) is 6.07 Å². The van der Waals surface area contributed by atoms with Crippen LogP contribution in [-0.2, 0) is 11.2 Å². The molecular formula is C12H15FN2O2. The van der Waals surface area contributed by atoms with Crippen LogP contribution in [0.5, 0.6) is 0 Å². The number of nitrogens with one attached hydrogen (secondary N) is 1. The Morgan fingerprint density at radius 3 is 2.71 bits per heavy atom. The topological polar surface area (TPSA) is 76.2 Å². The lowest BCUT2D eigenvalue weighted by molar-refractivity contribution is 0.206. The van der Waals surface area contributed by atoms with E-state index < -0.39 is 6.09 Å². The van der Waals surface area contributed by atoms with Crippen molar-refractivity contribution >= 4 is 12.0 Å². The van der Waals surface area contributed by atoms with E-state index in [-0.39, 0.29) is 18.1 Å². The van der Waals surface area contributed by atoms with E-state index in [0.717, 1.165) is 11.1 Å². The molecule has 5 heteroatoms. The van der Waals surface area contributed by atoms with Crippen molar-refractivity contribution in [3.8, 4) is 0 Å². The van der Waals surface area contributed by atoms with Crippen LogP contribution in [0.15, 0.2) is 12.1 Å². The summed E-state index contributed by atoms with van der Waals surface area (Å²) >= 11 is 0. The third-order valence-electron chi connectivity index (χ3n) is 2.64. The molecule has 0 bridgehead atoms. The molecular weight excluding hydrogens is 223 g/mol. The van der Waals surface area contributed by atoms with Gasteiger partial charge in [0.05, 0.1) is 0 Å². The van der Waals surface area contributed by atoms with E-state index in [2.05, 4.69) is 4.74 Å². The van der Waals surface area contributed by atoms with Gasteiger partial charge in [0.25, 0.3) is 0 Å². The maximum atomic E-state index is 13.5. The minimum atomic E-state index is -1.02. The number of aryl methyl sites for hydroxylation is 1. The third kappa shape index (κ3) is 3.55. The molecule has 0 heterocycles. The van der Waals surface area contributed by atoms with Crippen molar-refractivity contribution in [2.75, 3.05) is 0 Å². The van der Waals surface area contributed by atoms with Crippen molar-refractivity contribution in [2.24, 2.45) is 5.73 Å². The van der Waals surface area contributed by atoms with Gasteiger partial charge in [-0.15, -0.1) is 0 Å². The summed E-state index contributed by atoms with van der Waals surface area (Å²) in [7, 11) is 0. The zero-order valence-corrected chi connectivity index (χ0v) is 9.84. The molecule has 3 N–H and O–H groups in total. The van der Waals surface area contributed by atoms with Crippen LogP contribution in [0.4, 0.5) is 9.18 Å². The van der Waals surface area contributed by atoms with Crippen molar-refractivity contribution in [1.29, 1.82) is 5.41 Å². The number of nitrogens with two attached hydrogens (primary N) is 1. The van der Waals surface area contributed by atoms with Gasteiger partial charge in [0, 0.05) is 6.42 Å². The number of carbonyl (C=O) groups excluding carboxylic acids is 1. The SMILES string of the molecule is Cc1ccc(F)c(CCC(=N)OC(N)=O)c1C. The van der Waals surface area contributed by atoms with Crippen molar-refractivity contribution in [3.05, 3.63) is 34.6 Å². The highest BCUT2D eigenvalue weighted by Crippen LogP contribution is 2.18. The van der Waals surface area contributed by atoms with Crippen LogP contribution in [0.25, 0.3) is 0 Å². The summed E-state index contributed by atoms with van der Waals surface area (Å²) in [5.74, 6) is -0.558. The molecule has 0 aliphatic rings. The van der Waals surface area contributed by atoms with Crippen LogP contribution in [0.3, 0.4) is 0 Å². The fourth-order valence-electron chi connectivity index (χ4n) is 1.56. The van der Waals surface area contributed by atoms with Gasteiger partial charge in [-0.05, 0) is 43.0 Å². The largest absolute Gasteiger partial charge is 0.411 e. The average molecular weight is 238 g/mol. The molecule has 0 saturated carbocycles. The molecule has 0 radical (unpaired) electrons. The number of rotatable bonds is 3. The normalized spacial score (nSPS) is 10.1. The van der Waals surface area contributed by atoms with Gasteiger partial charge in [-0.25, -0.2) is 9.18 Å². The van der Waals surface area contributed by atoms with Crippen LogP contribution >= 0.6 is 0 Å². The Morgan fingerprint density at radius 1 is 1.47 bits per heavy atom. The van der Waals surface area contributed by atoms with Gasteiger partial charge >= 0.3 is 6.09 Å². The van der Waals surface area contributed by atoms with Gasteiger partial charge in [-0.2, -0.15) is 0 Å². The van der Waals surface area contributed by atoms with Gasteiger partial charge in [0.2, 0.25) is 0 Å². The van der Waals surface area contributed by atoms with E-state index in [1.807, 2.05) is 13.8 Å². The molecule has 1 aromatic rings. The Kier molecular flexibility index (Phi) is 4.20. The number of hydrogen-bond donors (Lipinski definition) is 2. The summed E-state index contributed by atoms with van der Waals surface area (Å²) in [6.45, 7) is 3.72. The van der Waals surface area contributed by atoms with E-state index in [9.17, 15) is 9.18 Å². The van der Waals surface area contributed by atoms with Gasteiger partial charge in [-0.3, -0.25) is 5.41 Å². The second kappa shape index (κ2) is 5.43. The number of amides is 1. The molecule has 0 aromatic heterocycles. The van der Waals surface area contributed by atoms with Crippen molar-refractivity contribution < 1.29 is 13.9 Å². The zero-order chi connectivity index (χ0) is 13.0. The number of carbonyl (C=O) groups is 1. The summed E-state index contributed by atoms with van der Waals surface area (Å²) in [6.07, 6.45) is -0.563. The number of halogens is 1. The number of ether oxygens (including phenoxy) is 1. The first-order valence-corrected chi connectivity index (χ1v) is 5.21.